The van der Waals surface area contributed by atoms with Gasteiger partial charge in [-0.15, -0.1) is 0 Å². The van der Waals surface area contributed by atoms with Crippen LogP contribution in [0.4, 0.5) is 11.4 Å². The van der Waals surface area contributed by atoms with E-state index in [0.29, 0.717) is 12.1 Å². The first kappa shape index (κ1) is 16.6. The van der Waals surface area contributed by atoms with Crippen LogP contribution in [0.15, 0.2) is 34.5 Å². The van der Waals surface area contributed by atoms with Crippen LogP contribution < -0.4 is 9.80 Å². The molecule has 0 spiro atoms. The predicted molar refractivity (Wildman–Crippen MR) is 101 cm³/mol. The van der Waals surface area contributed by atoms with Crippen LogP contribution in [0, 0.1) is 0 Å². The van der Waals surface area contributed by atoms with Gasteiger partial charge in [-0.2, -0.15) is 10.2 Å². The number of rotatable bonds is 4. The molecule has 0 fully saturated rings. The van der Waals surface area contributed by atoms with Crippen molar-refractivity contribution < 1.29 is 0 Å². The van der Waals surface area contributed by atoms with Gasteiger partial charge >= 0.3 is 0 Å². The van der Waals surface area contributed by atoms with E-state index in [0.717, 1.165) is 25.0 Å². The summed E-state index contributed by atoms with van der Waals surface area (Å²) in [6, 6.07) is 9.44. The molecule has 3 rings (SSSR count). The molecule has 6 heteroatoms. The third-order valence-corrected chi connectivity index (χ3v) is 4.55. The summed E-state index contributed by atoms with van der Waals surface area (Å²) >= 11 is 0. The molecule has 0 amide bonds. The minimum absolute atomic E-state index is 0.403. The summed E-state index contributed by atoms with van der Waals surface area (Å²) in [7, 11) is 0. The number of nitrogens with zero attached hydrogens (tertiary/aromatic N) is 6. The van der Waals surface area contributed by atoms with Crippen molar-refractivity contribution >= 4 is 23.0 Å². The minimum Gasteiger partial charge on any atom is -0.309 e. The third-order valence-electron chi connectivity index (χ3n) is 4.55. The fourth-order valence-corrected chi connectivity index (χ4v) is 2.96. The molecule has 0 atom stereocenters. The highest BCUT2D eigenvalue weighted by Gasteiger charge is 2.26. The van der Waals surface area contributed by atoms with Crippen molar-refractivity contribution in [2.24, 2.45) is 10.2 Å². The van der Waals surface area contributed by atoms with Gasteiger partial charge in [-0.05, 0) is 59.7 Å². The molecular formula is C18H28N6. The number of benzene rings is 1. The second kappa shape index (κ2) is 6.34. The Morgan fingerprint density at radius 2 is 1.21 bits per heavy atom. The van der Waals surface area contributed by atoms with Crippen LogP contribution >= 0.6 is 0 Å². The summed E-state index contributed by atoms with van der Waals surface area (Å²) < 4.78 is 0. The van der Waals surface area contributed by atoms with Crippen LogP contribution in [0.2, 0.25) is 0 Å². The van der Waals surface area contributed by atoms with E-state index in [1.54, 1.807) is 0 Å². The Morgan fingerprint density at radius 3 is 1.54 bits per heavy atom. The van der Waals surface area contributed by atoms with Gasteiger partial charge in [-0.3, -0.25) is 10.0 Å². The highest BCUT2D eigenvalue weighted by molar-refractivity contribution is 6.00. The minimum atomic E-state index is 0.403. The Labute approximate surface area is 145 Å². The molecule has 2 heterocycles. The van der Waals surface area contributed by atoms with E-state index in [2.05, 4.69) is 95.8 Å². The van der Waals surface area contributed by atoms with Crippen LogP contribution in [0.3, 0.4) is 0 Å². The molecule has 6 nitrogen and oxygen atoms in total. The zero-order valence-corrected chi connectivity index (χ0v) is 15.6. The van der Waals surface area contributed by atoms with Crippen molar-refractivity contribution in [3.63, 3.8) is 0 Å². The second-order valence-electron chi connectivity index (χ2n) is 7.02. The third kappa shape index (κ3) is 3.05. The molecule has 0 aliphatic carbocycles. The normalized spacial score (nSPS) is 18.2. The standard InChI is InChI=1S/C18H28N6/c1-13(2)23-11-21(15(5)19-23)17-8-7-9-18(10-17)22-12-24(14(3)4)20-16(22)6/h7-10,13-14H,11-12H2,1-6H3. The van der Waals surface area contributed by atoms with E-state index >= 15 is 0 Å². The molecule has 0 aromatic heterocycles. The Kier molecular flexibility index (Phi) is 4.39. The maximum Gasteiger partial charge on any atom is 0.127 e. The highest BCUT2D eigenvalue weighted by Crippen LogP contribution is 2.28. The number of anilines is 2. The van der Waals surface area contributed by atoms with Crippen molar-refractivity contribution in [1.29, 1.82) is 0 Å². The van der Waals surface area contributed by atoms with Gasteiger partial charge in [0.2, 0.25) is 0 Å². The lowest BCUT2D eigenvalue weighted by molar-refractivity contribution is 0.257. The van der Waals surface area contributed by atoms with E-state index in [1.165, 1.54) is 11.4 Å². The first-order chi connectivity index (χ1) is 11.4. The lowest BCUT2D eigenvalue weighted by Crippen LogP contribution is -2.34. The average Bonchev–Trinajstić information content (AvgIpc) is 3.11. The van der Waals surface area contributed by atoms with Gasteiger partial charge < -0.3 is 9.80 Å². The van der Waals surface area contributed by atoms with Gasteiger partial charge in [0.1, 0.15) is 25.0 Å². The van der Waals surface area contributed by atoms with Crippen molar-refractivity contribution in [2.45, 2.75) is 53.6 Å². The Bertz CT molecular complexity index is 610. The van der Waals surface area contributed by atoms with Crippen LogP contribution in [0.5, 0.6) is 0 Å². The summed E-state index contributed by atoms with van der Waals surface area (Å²) in [4.78, 5) is 4.51. The van der Waals surface area contributed by atoms with Crippen LogP contribution in [-0.4, -0.2) is 47.1 Å². The maximum atomic E-state index is 4.65. The number of hydrazone groups is 2. The molecular weight excluding hydrogens is 300 g/mol. The molecule has 0 N–H and O–H groups in total. The molecule has 0 saturated carbocycles. The van der Waals surface area contributed by atoms with E-state index < -0.39 is 0 Å². The molecule has 0 saturated heterocycles. The van der Waals surface area contributed by atoms with Crippen molar-refractivity contribution in [3.05, 3.63) is 24.3 Å². The Morgan fingerprint density at radius 1 is 0.792 bits per heavy atom. The molecule has 2 aliphatic rings. The monoisotopic (exact) mass is 328 g/mol. The van der Waals surface area contributed by atoms with Gasteiger partial charge in [0.15, 0.2) is 0 Å². The summed E-state index contributed by atoms with van der Waals surface area (Å²) in [5.74, 6) is 2.08. The van der Waals surface area contributed by atoms with E-state index in [1.807, 2.05) is 0 Å². The van der Waals surface area contributed by atoms with Gasteiger partial charge in [0.05, 0.1) is 0 Å². The maximum absolute atomic E-state index is 4.65. The molecule has 1 aromatic rings. The summed E-state index contributed by atoms with van der Waals surface area (Å²) in [6.45, 7) is 14.4. The molecule has 24 heavy (non-hydrogen) atoms. The van der Waals surface area contributed by atoms with E-state index in [9.17, 15) is 0 Å². The lowest BCUT2D eigenvalue weighted by Gasteiger charge is -2.26. The number of hydrogen-bond acceptors (Lipinski definition) is 6. The quantitative estimate of drug-likeness (QED) is 0.850. The zero-order chi connectivity index (χ0) is 17.4. The van der Waals surface area contributed by atoms with Gasteiger partial charge in [-0.1, -0.05) is 6.07 Å². The lowest BCUT2D eigenvalue weighted by atomic mass is 10.2. The van der Waals surface area contributed by atoms with Gasteiger partial charge in [0.25, 0.3) is 0 Å². The summed E-state index contributed by atoms with van der Waals surface area (Å²) in [6.07, 6.45) is 0. The van der Waals surface area contributed by atoms with Crippen molar-refractivity contribution in [2.75, 3.05) is 23.1 Å². The van der Waals surface area contributed by atoms with Crippen molar-refractivity contribution in [3.8, 4) is 0 Å². The first-order valence-corrected chi connectivity index (χ1v) is 8.65. The average molecular weight is 328 g/mol. The summed E-state index contributed by atoms with van der Waals surface area (Å²) in [5.41, 5.74) is 2.35. The zero-order valence-electron chi connectivity index (χ0n) is 15.6. The SMILES string of the molecule is CC1=NN(C(C)C)CN1c1cccc(N2CN(C(C)C)N=C2C)c1. The smallest absolute Gasteiger partial charge is 0.127 e. The fourth-order valence-electron chi connectivity index (χ4n) is 2.96. The summed E-state index contributed by atoms with van der Waals surface area (Å²) in [5, 5.41) is 13.5. The van der Waals surface area contributed by atoms with Crippen molar-refractivity contribution in [1.82, 2.24) is 10.0 Å². The molecule has 130 valence electrons. The number of hydrogen-bond donors (Lipinski definition) is 0. The van der Waals surface area contributed by atoms with Crippen LogP contribution in [-0.2, 0) is 0 Å². The Balaban J connectivity index is 1.81. The topological polar surface area (TPSA) is 37.7 Å². The van der Waals surface area contributed by atoms with Gasteiger partial charge in [-0.25, -0.2) is 0 Å². The molecule has 0 unspecified atom stereocenters. The second-order valence-corrected chi connectivity index (χ2v) is 7.02. The van der Waals surface area contributed by atoms with E-state index in [-0.39, 0.29) is 0 Å². The van der Waals surface area contributed by atoms with Crippen LogP contribution in [0.1, 0.15) is 41.5 Å². The first-order valence-electron chi connectivity index (χ1n) is 8.65. The largest absolute Gasteiger partial charge is 0.309 e. The number of amidine groups is 2. The highest BCUT2D eigenvalue weighted by atomic mass is 15.6. The fraction of sp³-hybridized carbons (Fsp3) is 0.556. The predicted octanol–water partition coefficient (Wildman–Crippen LogP) is 3.33. The molecule has 2 aliphatic heterocycles. The van der Waals surface area contributed by atoms with Crippen LogP contribution in [0.25, 0.3) is 0 Å². The molecule has 0 bridgehead atoms. The van der Waals surface area contributed by atoms with E-state index in [4.69, 9.17) is 0 Å². The Hall–Kier alpha value is -2.24. The molecule has 1 aromatic carbocycles. The molecule has 0 radical (unpaired) electrons. The van der Waals surface area contributed by atoms with Gasteiger partial charge in [0, 0.05) is 23.5 Å².